The second-order valence-corrected chi connectivity index (χ2v) is 7.18. The molecule has 2 aromatic carbocycles. The SMILES string of the molecule is O=C1C[C@@H]2c3ccccc3[C@H]1[C@@H]1C(=O)N(Cc3ccccc3)C(=O)[C@H]12. The monoisotopic (exact) mass is 331 g/mol. The van der Waals surface area contributed by atoms with Crippen LogP contribution in [0, 0.1) is 11.8 Å². The first kappa shape index (κ1) is 14.6. The van der Waals surface area contributed by atoms with Gasteiger partial charge in [-0.05, 0) is 16.7 Å². The third kappa shape index (κ3) is 1.91. The van der Waals surface area contributed by atoms with Gasteiger partial charge >= 0.3 is 0 Å². The van der Waals surface area contributed by atoms with Crippen molar-refractivity contribution in [2.45, 2.75) is 24.8 Å². The van der Waals surface area contributed by atoms with E-state index in [9.17, 15) is 14.4 Å². The van der Waals surface area contributed by atoms with Crippen LogP contribution in [-0.4, -0.2) is 22.5 Å². The third-order valence-corrected chi connectivity index (χ3v) is 5.96. The van der Waals surface area contributed by atoms with Crippen molar-refractivity contribution in [3.8, 4) is 0 Å². The van der Waals surface area contributed by atoms with Crippen LogP contribution in [0.25, 0.3) is 0 Å². The number of fused-ring (bicyclic) bond motifs is 1. The smallest absolute Gasteiger partial charge is 0.234 e. The van der Waals surface area contributed by atoms with Crippen molar-refractivity contribution in [1.29, 1.82) is 0 Å². The van der Waals surface area contributed by atoms with E-state index in [0.29, 0.717) is 6.42 Å². The molecule has 25 heavy (non-hydrogen) atoms. The van der Waals surface area contributed by atoms with Gasteiger partial charge in [0.15, 0.2) is 0 Å². The van der Waals surface area contributed by atoms with Crippen molar-refractivity contribution >= 4 is 17.6 Å². The van der Waals surface area contributed by atoms with Gasteiger partial charge in [-0.2, -0.15) is 0 Å². The van der Waals surface area contributed by atoms with Gasteiger partial charge in [0, 0.05) is 12.3 Å². The molecule has 0 N–H and O–H groups in total. The van der Waals surface area contributed by atoms with Gasteiger partial charge in [0.1, 0.15) is 5.78 Å². The third-order valence-electron chi connectivity index (χ3n) is 5.96. The first-order valence-corrected chi connectivity index (χ1v) is 8.67. The highest BCUT2D eigenvalue weighted by Gasteiger charge is 2.62. The lowest BCUT2D eigenvalue weighted by Gasteiger charge is -2.43. The molecule has 1 heterocycles. The molecule has 4 atom stereocenters. The minimum Gasteiger partial charge on any atom is -0.299 e. The minimum absolute atomic E-state index is 0.104. The normalized spacial score (nSPS) is 29.8. The molecule has 0 radical (unpaired) electrons. The summed E-state index contributed by atoms with van der Waals surface area (Å²) in [5, 5.41) is 0. The Morgan fingerprint density at radius 2 is 1.44 bits per heavy atom. The Labute approximate surface area is 145 Å². The Bertz CT molecular complexity index is 904. The number of nitrogens with zero attached hydrogens (tertiary/aromatic N) is 1. The summed E-state index contributed by atoms with van der Waals surface area (Å²) >= 11 is 0. The maximum Gasteiger partial charge on any atom is 0.234 e. The summed E-state index contributed by atoms with van der Waals surface area (Å²) in [5.41, 5.74) is 2.96. The predicted octanol–water partition coefficient (Wildman–Crippen LogP) is 2.64. The van der Waals surface area contributed by atoms with E-state index in [1.165, 1.54) is 4.90 Å². The number of hydrogen-bond donors (Lipinski definition) is 0. The summed E-state index contributed by atoms with van der Waals surface area (Å²) < 4.78 is 0. The number of likely N-dealkylation sites (tertiary alicyclic amines) is 1. The molecule has 3 aliphatic carbocycles. The van der Waals surface area contributed by atoms with Crippen LogP contribution in [0.2, 0.25) is 0 Å². The van der Waals surface area contributed by atoms with Gasteiger partial charge in [-0.25, -0.2) is 0 Å². The van der Waals surface area contributed by atoms with Gasteiger partial charge < -0.3 is 0 Å². The topological polar surface area (TPSA) is 54.5 Å². The van der Waals surface area contributed by atoms with E-state index in [-0.39, 0.29) is 36.0 Å². The molecule has 0 spiro atoms. The second-order valence-electron chi connectivity index (χ2n) is 7.18. The number of carbonyl (C=O) groups is 3. The first-order chi connectivity index (χ1) is 12.2. The van der Waals surface area contributed by atoms with Crippen LogP contribution in [0.3, 0.4) is 0 Å². The van der Waals surface area contributed by atoms with Gasteiger partial charge in [0.05, 0.1) is 24.3 Å². The maximum absolute atomic E-state index is 13.1. The van der Waals surface area contributed by atoms with Gasteiger partial charge in [-0.15, -0.1) is 0 Å². The maximum atomic E-state index is 13.1. The number of benzene rings is 2. The lowest BCUT2D eigenvalue weighted by atomic mass is 9.56. The van der Waals surface area contributed by atoms with Gasteiger partial charge in [0.2, 0.25) is 11.8 Å². The zero-order chi connectivity index (χ0) is 17.1. The molecule has 6 rings (SSSR count). The molecule has 2 aromatic rings. The summed E-state index contributed by atoms with van der Waals surface area (Å²) in [6, 6.07) is 17.3. The Morgan fingerprint density at radius 1 is 0.800 bits per heavy atom. The molecule has 4 aliphatic rings. The highest BCUT2D eigenvalue weighted by Crippen LogP contribution is 2.57. The lowest BCUT2D eigenvalue weighted by Crippen LogP contribution is -2.44. The summed E-state index contributed by atoms with van der Waals surface area (Å²) in [6.45, 7) is 0.287. The quantitative estimate of drug-likeness (QED) is 0.795. The molecule has 2 amide bonds. The Hall–Kier alpha value is -2.75. The molecule has 0 aromatic heterocycles. The van der Waals surface area contributed by atoms with Gasteiger partial charge in [-0.3, -0.25) is 19.3 Å². The average Bonchev–Trinajstić information content (AvgIpc) is 2.89. The van der Waals surface area contributed by atoms with Crippen LogP contribution < -0.4 is 0 Å². The standard InChI is InChI=1S/C21H17NO3/c23-16-10-15-13-8-4-5-9-14(13)17(16)19-18(15)20(24)22(21(19)25)11-12-6-2-1-3-7-12/h1-9,15,17-19H,10-11H2/t15-,17-,18+,19+/m1/s1. The molecule has 0 unspecified atom stereocenters. The van der Waals surface area contributed by atoms with Crippen LogP contribution >= 0.6 is 0 Å². The zero-order valence-corrected chi connectivity index (χ0v) is 13.6. The Kier molecular flexibility index (Phi) is 2.99. The minimum atomic E-state index is -0.516. The van der Waals surface area contributed by atoms with Crippen molar-refractivity contribution in [1.82, 2.24) is 4.90 Å². The number of imide groups is 1. The number of carbonyl (C=O) groups excluding carboxylic acids is 3. The summed E-state index contributed by atoms with van der Waals surface area (Å²) in [6.07, 6.45) is 0.376. The average molecular weight is 331 g/mol. The number of ketones is 1. The molecular formula is C21H17NO3. The van der Waals surface area contributed by atoms with E-state index in [0.717, 1.165) is 16.7 Å². The van der Waals surface area contributed by atoms with Crippen molar-refractivity contribution in [2.24, 2.45) is 11.8 Å². The van der Waals surface area contributed by atoms with Crippen LogP contribution in [0.15, 0.2) is 54.6 Å². The lowest BCUT2D eigenvalue weighted by molar-refractivity contribution is -0.141. The Balaban J connectivity index is 1.57. The zero-order valence-electron chi connectivity index (χ0n) is 13.6. The number of hydrogen-bond acceptors (Lipinski definition) is 3. The fraction of sp³-hybridized carbons (Fsp3) is 0.286. The molecule has 1 saturated heterocycles. The van der Waals surface area contributed by atoms with E-state index in [1.807, 2.05) is 54.6 Å². The predicted molar refractivity (Wildman–Crippen MR) is 90.5 cm³/mol. The van der Waals surface area contributed by atoms with Crippen molar-refractivity contribution in [3.05, 3.63) is 71.3 Å². The van der Waals surface area contributed by atoms with Crippen molar-refractivity contribution in [3.63, 3.8) is 0 Å². The molecular weight excluding hydrogens is 314 g/mol. The fourth-order valence-electron chi connectivity index (χ4n) is 4.94. The largest absolute Gasteiger partial charge is 0.299 e. The molecule has 2 fully saturated rings. The molecule has 124 valence electrons. The van der Waals surface area contributed by atoms with Crippen molar-refractivity contribution in [2.75, 3.05) is 0 Å². The van der Waals surface area contributed by atoms with E-state index in [1.54, 1.807) is 0 Å². The number of Topliss-reactive ketones (excluding diaryl/α,β-unsaturated/α-hetero) is 1. The molecule has 4 nitrogen and oxygen atoms in total. The Morgan fingerprint density at radius 3 is 2.20 bits per heavy atom. The van der Waals surface area contributed by atoms with Crippen LogP contribution in [-0.2, 0) is 20.9 Å². The summed E-state index contributed by atoms with van der Waals surface area (Å²) in [7, 11) is 0. The van der Waals surface area contributed by atoms with Gasteiger partial charge in [0.25, 0.3) is 0 Å². The van der Waals surface area contributed by atoms with E-state index < -0.39 is 11.8 Å². The number of amides is 2. The molecule has 1 saturated carbocycles. The van der Waals surface area contributed by atoms with Gasteiger partial charge in [-0.1, -0.05) is 54.6 Å². The summed E-state index contributed by atoms with van der Waals surface area (Å²) in [5.74, 6) is -1.70. The summed E-state index contributed by atoms with van der Waals surface area (Å²) in [4.78, 5) is 40.1. The van der Waals surface area contributed by atoms with Crippen LogP contribution in [0.5, 0.6) is 0 Å². The molecule has 4 heteroatoms. The second kappa shape index (κ2) is 5.12. The highest BCUT2D eigenvalue weighted by atomic mass is 16.2. The van der Waals surface area contributed by atoms with E-state index >= 15 is 0 Å². The van der Waals surface area contributed by atoms with E-state index in [4.69, 9.17) is 0 Å². The highest BCUT2D eigenvalue weighted by molar-refractivity contribution is 6.11. The first-order valence-electron chi connectivity index (χ1n) is 8.67. The fourth-order valence-corrected chi connectivity index (χ4v) is 4.94. The number of rotatable bonds is 2. The molecule has 1 aliphatic heterocycles. The van der Waals surface area contributed by atoms with Crippen LogP contribution in [0.4, 0.5) is 0 Å². The van der Waals surface area contributed by atoms with Crippen LogP contribution in [0.1, 0.15) is 34.9 Å². The molecule has 2 bridgehead atoms. The van der Waals surface area contributed by atoms with Crippen molar-refractivity contribution < 1.29 is 14.4 Å². The van der Waals surface area contributed by atoms with E-state index in [2.05, 4.69) is 0 Å².